The Kier molecular flexibility index (Phi) is 5.84. The Bertz CT molecular complexity index is 431. The van der Waals surface area contributed by atoms with Crippen LogP contribution in [0.5, 0.6) is 0 Å². The van der Waals surface area contributed by atoms with Gasteiger partial charge >= 0.3 is 0 Å². The molecule has 2 nitrogen and oxygen atoms in total. The summed E-state index contributed by atoms with van der Waals surface area (Å²) >= 11 is 0. The number of hydrogen-bond acceptors (Lipinski definition) is 2. The number of hydrogen-bond donors (Lipinski definition) is 1. The second kappa shape index (κ2) is 6.74. The van der Waals surface area contributed by atoms with Crippen LogP contribution in [-0.2, 0) is 6.54 Å². The molecule has 0 spiro atoms. The zero-order valence-corrected chi connectivity index (χ0v) is 13.4. The van der Waals surface area contributed by atoms with Gasteiger partial charge in [0.15, 0.2) is 0 Å². The average molecular weight is 283 g/mol. The minimum Gasteiger partial charge on any atom is -0.330 e. The van der Waals surface area contributed by atoms with Crippen LogP contribution in [0.15, 0.2) is 12.1 Å². The SMILES string of the molecule is Cc1cc(C)c(CN2CC(CN)CC2C)cc1C.Cl. The van der Waals surface area contributed by atoms with Gasteiger partial charge in [-0.2, -0.15) is 0 Å². The van der Waals surface area contributed by atoms with E-state index in [2.05, 4.69) is 44.7 Å². The maximum atomic E-state index is 5.80. The first-order valence-electron chi connectivity index (χ1n) is 7.02. The van der Waals surface area contributed by atoms with E-state index in [1.807, 2.05) is 0 Å². The normalized spacial score (nSPS) is 23.4. The van der Waals surface area contributed by atoms with Gasteiger partial charge in [-0.15, -0.1) is 12.4 Å². The number of benzene rings is 1. The summed E-state index contributed by atoms with van der Waals surface area (Å²) in [6.07, 6.45) is 1.25. The molecule has 1 aromatic carbocycles. The Morgan fingerprint density at radius 2 is 1.79 bits per heavy atom. The topological polar surface area (TPSA) is 29.3 Å². The van der Waals surface area contributed by atoms with Gasteiger partial charge in [-0.3, -0.25) is 4.90 Å². The number of nitrogens with two attached hydrogens (primary N) is 1. The van der Waals surface area contributed by atoms with E-state index in [0.717, 1.165) is 19.6 Å². The standard InChI is InChI=1S/C16H26N2.ClH/c1-11-5-13(3)16(6-12(11)2)10-18-9-15(8-17)7-14(18)4;/h5-6,14-15H,7-10,17H2,1-4H3;1H. The van der Waals surface area contributed by atoms with Crippen molar-refractivity contribution in [2.45, 2.75) is 46.7 Å². The highest BCUT2D eigenvalue weighted by Gasteiger charge is 2.28. The zero-order valence-electron chi connectivity index (χ0n) is 12.6. The van der Waals surface area contributed by atoms with Crippen LogP contribution in [0.1, 0.15) is 35.6 Å². The molecule has 1 aromatic rings. The third kappa shape index (κ3) is 3.71. The van der Waals surface area contributed by atoms with E-state index in [4.69, 9.17) is 5.73 Å². The lowest BCUT2D eigenvalue weighted by Gasteiger charge is -2.22. The van der Waals surface area contributed by atoms with Gasteiger partial charge < -0.3 is 5.73 Å². The van der Waals surface area contributed by atoms with Crippen molar-refractivity contribution in [1.29, 1.82) is 0 Å². The van der Waals surface area contributed by atoms with Crippen molar-refractivity contribution in [1.82, 2.24) is 4.90 Å². The van der Waals surface area contributed by atoms with E-state index in [0.29, 0.717) is 12.0 Å². The molecule has 1 heterocycles. The first-order chi connectivity index (χ1) is 8.51. The fourth-order valence-electron chi connectivity index (χ4n) is 3.02. The smallest absolute Gasteiger partial charge is 0.0239 e. The molecule has 3 heteroatoms. The van der Waals surface area contributed by atoms with Crippen molar-refractivity contribution < 1.29 is 0 Å². The summed E-state index contributed by atoms with van der Waals surface area (Å²) in [4.78, 5) is 2.58. The fourth-order valence-corrected chi connectivity index (χ4v) is 3.02. The summed E-state index contributed by atoms with van der Waals surface area (Å²) in [5.74, 6) is 0.687. The minimum atomic E-state index is 0. The second-order valence-electron chi connectivity index (χ2n) is 5.98. The van der Waals surface area contributed by atoms with Crippen LogP contribution in [0.2, 0.25) is 0 Å². The van der Waals surface area contributed by atoms with E-state index in [1.54, 1.807) is 0 Å². The molecule has 1 aliphatic rings. The summed E-state index contributed by atoms with van der Waals surface area (Å²) in [6.45, 7) is 12.0. The highest BCUT2D eigenvalue weighted by Crippen LogP contribution is 2.26. The molecular formula is C16H27ClN2. The number of aryl methyl sites for hydroxylation is 3. The second-order valence-corrected chi connectivity index (χ2v) is 5.98. The molecule has 0 aromatic heterocycles. The Balaban J connectivity index is 0.00000180. The number of halogens is 1. The lowest BCUT2D eigenvalue weighted by atomic mass is 10.0. The lowest BCUT2D eigenvalue weighted by Crippen LogP contribution is -2.27. The first-order valence-corrected chi connectivity index (χ1v) is 7.02. The number of nitrogens with zero attached hydrogens (tertiary/aromatic N) is 1. The van der Waals surface area contributed by atoms with E-state index >= 15 is 0 Å². The zero-order chi connectivity index (χ0) is 13.3. The molecule has 2 N–H and O–H groups in total. The molecule has 0 amide bonds. The van der Waals surface area contributed by atoms with Gasteiger partial charge in [-0.1, -0.05) is 12.1 Å². The van der Waals surface area contributed by atoms with Gasteiger partial charge in [0, 0.05) is 19.1 Å². The predicted molar refractivity (Wildman–Crippen MR) is 84.9 cm³/mol. The van der Waals surface area contributed by atoms with Gasteiger partial charge in [-0.25, -0.2) is 0 Å². The van der Waals surface area contributed by atoms with Gasteiger partial charge in [0.05, 0.1) is 0 Å². The van der Waals surface area contributed by atoms with Gasteiger partial charge in [0.2, 0.25) is 0 Å². The Labute approximate surface area is 123 Å². The Hall–Kier alpha value is -0.570. The largest absolute Gasteiger partial charge is 0.330 e. The van der Waals surface area contributed by atoms with Gasteiger partial charge in [0.25, 0.3) is 0 Å². The molecule has 0 bridgehead atoms. The van der Waals surface area contributed by atoms with E-state index in [-0.39, 0.29) is 12.4 Å². The highest BCUT2D eigenvalue weighted by atomic mass is 35.5. The lowest BCUT2D eigenvalue weighted by molar-refractivity contribution is 0.255. The van der Waals surface area contributed by atoms with Crippen molar-refractivity contribution in [2.24, 2.45) is 11.7 Å². The van der Waals surface area contributed by atoms with Crippen molar-refractivity contribution in [2.75, 3.05) is 13.1 Å². The van der Waals surface area contributed by atoms with Crippen LogP contribution in [0.25, 0.3) is 0 Å². The predicted octanol–water partition coefficient (Wildman–Crippen LogP) is 3.20. The molecule has 1 saturated heterocycles. The average Bonchev–Trinajstić information content (AvgIpc) is 2.67. The van der Waals surface area contributed by atoms with Crippen molar-refractivity contribution in [3.05, 3.63) is 34.4 Å². The van der Waals surface area contributed by atoms with Crippen LogP contribution in [0, 0.1) is 26.7 Å². The summed E-state index contributed by atoms with van der Waals surface area (Å²) in [7, 11) is 0. The van der Waals surface area contributed by atoms with Crippen molar-refractivity contribution in [3.8, 4) is 0 Å². The number of likely N-dealkylation sites (tertiary alicyclic amines) is 1. The molecule has 2 rings (SSSR count). The van der Waals surface area contributed by atoms with Crippen LogP contribution in [0.4, 0.5) is 0 Å². The third-order valence-electron chi connectivity index (χ3n) is 4.45. The number of rotatable bonds is 3. The van der Waals surface area contributed by atoms with Crippen LogP contribution < -0.4 is 5.73 Å². The van der Waals surface area contributed by atoms with Crippen molar-refractivity contribution in [3.63, 3.8) is 0 Å². The maximum absolute atomic E-state index is 5.80. The molecule has 2 atom stereocenters. The highest BCUT2D eigenvalue weighted by molar-refractivity contribution is 5.85. The summed E-state index contributed by atoms with van der Waals surface area (Å²) in [6, 6.07) is 5.33. The van der Waals surface area contributed by atoms with Crippen molar-refractivity contribution >= 4 is 12.4 Å². The molecule has 1 fully saturated rings. The quantitative estimate of drug-likeness (QED) is 0.922. The Morgan fingerprint density at radius 1 is 1.16 bits per heavy atom. The van der Waals surface area contributed by atoms with E-state index in [1.165, 1.54) is 28.7 Å². The molecule has 2 unspecified atom stereocenters. The van der Waals surface area contributed by atoms with Gasteiger partial charge in [0.1, 0.15) is 0 Å². The van der Waals surface area contributed by atoms with Crippen LogP contribution >= 0.6 is 12.4 Å². The molecular weight excluding hydrogens is 256 g/mol. The molecule has 19 heavy (non-hydrogen) atoms. The minimum absolute atomic E-state index is 0. The molecule has 0 saturated carbocycles. The molecule has 1 aliphatic heterocycles. The molecule has 0 radical (unpaired) electrons. The Morgan fingerprint density at radius 3 is 2.37 bits per heavy atom. The summed E-state index contributed by atoms with van der Waals surface area (Å²) in [5, 5.41) is 0. The first kappa shape index (κ1) is 16.5. The van der Waals surface area contributed by atoms with Crippen LogP contribution in [0.3, 0.4) is 0 Å². The maximum Gasteiger partial charge on any atom is 0.0239 e. The monoisotopic (exact) mass is 282 g/mol. The molecule has 0 aliphatic carbocycles. The van der Waals surface area contributed by atoms with E-state index < -0.39 is 0 Å². The summed E-state index contributed by atoms with van der Waals surface area (Å²) < 4.78 is 0. The molecule has 108 valence electrons. The fraction of sp³-hybridized carbons (Fsp3) is 0.625. The van der Waals surface area contributed by atoms with Crippen LogP contribution in [-0.4, -0.2) is 24.0 Å². The van der Waals surface area contributed by atoms with Gasteiger partial charge in [-0.05, 0) is 68.8 Å². The third-order valence-corrected chi connectivity index (χ3v) is 4.45. The summed E-state index contributed by atoms with van der Waals surface area (Å²) in [5.41, 5.74) is 11.5. The van der Waals surface area contributed by atoms with E-state index in [9.17, 15) is 0 Å².